The molecule has 1 aliphatic heterocycles. The van der Waals surface area contributed by atoms with Gasteiger partial charge in [0.2, 0.25) is 0 Å². The van der Waals surface area contributed by atoms with Crippen LogP contribution in [0.5, 0.6) is 6.01 Å². The molecule has 0 saturated carbocycles. The molecule has 0 amide bonds. The van der Waals surface area contributed by atoms with E-state index in [9.17, 15) is 0 Å². The summed E-state index contributed by atoms with van der Waals surface area (Å²) in [5.41, 5.74) is 0.273. The van der Waals surface area contributed by atoms with E-state index in [1.165, 1.54) is 12.8 Å². The van der Waals surface area contributed by atoms with Crippen molar-refractivity contribution >= 4 is 17.4 Å². The molecule has 1 aliphatic rings. The lowest BCUT2D eigenvalue weighted by Gasteiger charge is -2.39. The zero-order valence-corrected chi connectivity index (χ0v) is 12.4. The number of anilines is 1. The summed E-state index contributed by atoms with van der Waals surface area (Å²) in [5, 5.41) is 7.34. The van der Waals surface area contributed by atoms with Crippen molar-refractivity contribution < 1.29 is 4.74 Å². The van der Waals surface area contributed by atoms with Gasteiger partial charge in [0, 0.05) is 12.6 Å². The Morgan fingerprint density at radius 3 is 3.05 bits per heavy atom. The normalized spacial score (nSPS) is 22.0. The monoisotopic (exact) mass is 284 g/mol. The van der Waals surface area contributed by atoms with E-state index in [1.54, 1.807) is 13.3 Å². The molecule has 1 unspecified atom stereocenters. The summed E-state index contributed by atoms with van der Waals surface area (Å²) in [4.78, 5) is 8.18. The second-order valence-corrected chi connectivity index (χ2v) is 5.94. The van der Waals surface area contributed by atoms with Gasteiger partial charge in [-0.2, -0.15) is 4.98 Å². The summed E-state index contributed by atoms with van der Waals surface area (Å²) in [7, 11) is 1.54. The third kappa shape index (κ3) is 3.48. The first-order valence-electron chi connectivity index (χ1n) is 6.57. The van der Waals surface area contributed by atoms with E-state index in [0.29, 0.717) is 22.9 Å². The number of halogens is 1. The lowest BCUT2D eigenvalue weighted by atomic mass is 9.77. The maximum atomic E-state index is 6.08. The average molecular weight is 285 g/mol. The van der Waals surface area contributed by atoms with Crippen molar-refractivity contribution in [2.24, 2.45) is 5.41 Å². The Balaban J connectivity index is 2.01. The molecule has 106 valence electrons. The lowest BCUT2D eigenvalue weighted by molar-refractivity contribution is 0.188. The summed E-state index contributed by atoms with van der Waals surface area (Å²) in [6, 6.07) is 0.723. The number of hydrogen-bond acceptors (Lipinski definition) is 5. The summed E-state index contributed by atoms with van der Waals surface area (Å²) >= 11 is 6.08. The molecule has 0 bridgehead atoms. The average Bonchev–Trinajstić information content (AvgIpc) is 2.39. The van der Waals surface area contributed by atoms with Gasteiger partial charge in [0.05, 0.1) is 13.3 Å². The quantitative estimate of drug-likeness (QED) is 0.889. The van der Waals surface area contributed by atoms with Crippen LogP contribution in [0.1, 0.15) is 26.7 Å². The maximum absolute atomic E-state index is 6.08. The van der Waals surface area contributed by atoms with Crippen LogP contribution in [0.2, 0.25) is 5.02 Å². The van der Waals surface area contributed by atoms with Crippen LogP contribution >= 0.6 is 11.6 Å². The minimum absolute atomic E-state index is 0.273. The fourth-order valence-corrected chi connectivity index (χ4v) is 2.55. The number of rotatable bonds is 4. The SMILES string of the molecule is COc1ncc(Cl)c(NCC2NCCCC2(C)C)n1. The number of nitrogens with one attached hydrogen (secondary N) is 2. The molecule has 5 nitrogen and oxygen atoms in total. The van der Waals surface area contributed by atoms with Gasteiger partial charge in [0.25, 0.3) is 0 Å². The van der Waals surface area contributed by atoms with Crippen molar-refractivity contribution in [3.05, 3.63) is 11.2 Å². The fourth-order valence-electron chi connectivity index (χ4n) is 2.39. The van der Waals surface area contributed by atoms with Crippen LogP contribution < -0.4 is 15.4 Å². The Kier molecular flexibility index (Phi) is 4.47. The van der Waals surface area contributed by atoms with Crippen molar-refractivity contribution in [2.75, 3.05) is 25.5 Å². The van der Waals surface area contributed by atoms with Gasteiger partial charge in [-0.3, -0.25) is 0 Å². The van der Waals surface area contributed by atoms with Crippen LogP contribution in [-0.4, -0.2) is 36.2 Å². The molecule has 6 heteroatoms. The predicted octanol–water partition coefficient (Wildman–Crippen LogP) is 2.33. The molecular formula is C13H21ClN4O. The molecule has 1 saturated heterocycles. The molecular weight excluding hydrogens is 264 g/mol. The molecule has 0 spiro atoms. The highest BCUT2D eigenvalue weighted by Crippen LogP contribution is 2.30. The van der Waals surface area contributed by atoms with E-state index in [-0.39, 0.29) is 5.41 Å². The predicted molar refractivity (Wildman–Crippen MR) is 76.9 cm³/mol. The van der Waals surface area contributed by atoms with Crippen LogP contribution in [0, 0.1) is 5.41 Å². The van der Waals surface area contributed by atoms with E-state index in [1.807, 2.05) is 0 Å². The first kappa shape index (κ1) is 14.3. The van der Waals surface area contributed by atoms with E-state index < -0.39 is 0 Å². The molecule has 1 aromatic rings. The molecule has 1 atom stereocenters. The highest BCUT2D eigenvalue weighted by Gasteiger charge is 2.31. The van der Waals surface area contributed by atoms with E-state index in [2.05, 4.69) is 34.4 Å². The summed E-state index contributed by atoms with van der Waals surface area (Å²) < 4.78 is 5.01. The second kappa shape index (κ2) is 5.92. The first-order valence-corrected chi connectivity index (χ1v) is 6.94. The molecule has 0 radical (unpaired) electrons. The fraction of sp³-hybridized carbons (Fsp3) is 0.692. The minimum atomic E-state index is 0.273. The Bertz CT molecular complexity index is 439. The number of aromatic nitrogens is 2. The molecule has 2 heterocycles. The molecule has 0 aliphatic carbocycles. The molecule has 2 rings (SSSR count). The molecule has 1 fully saturated rings. The number of ether oxygens (including phenoxy) is 1. The van der Waals surface area contributed by atoms with Crippen molar-refractivity contribution in [3.63, 3.8) is 0 Å². The highest BCUT2D eigenvalue weighted by atomic mass is 35.5. The van der Waals surface area contributed by atoms with E-state index in [4.69, 9.17) is 16.3 Å². The third-order valence-corrected chi connectivity index (χ3v) is 3.99. The molecule has 1 aromatic heterocycles. The van der Waals surface area contributed by atoms with Gasteiger partial charge in [-0.15, -0.1) is 0 Å². The molecule has 0 aromatic carbocycles. The number of piperidine rings is 1. The highest BCUT2D eigenvalue weighted by molar-refractivity contribution is 6.32. The second-order valence-electron chi connectivity index (χ2n) is 5.53. The summed E-state index contributed by atoms with van der Waals surface area (Å²) in [6.07, 6.45) is 4.01. The first-order chi connectivity index (χ1) is 9.03. The Hall–Kier alpha value is -1.07. The maximum Gasteiger partial charge on any atom is 0.318 e. The van der Waals surface area contributed by atoms with Crippen LogP contribution in [0.4, 0.5) is 5.82 Å². The molecule has 2 N–H and O–H groups in total. The Labute approximate surface area is 119 Å². The van der Waals surface area contributed by atoms with Gasteiger partial charge in [-0.05, 0) is 24.8 Å². The van der Waals surface area contributed by atoms with Crippen molar-refractivity contribution in [2.45, 2.75) is 32.7 Å². The van der Waals surface area contributed by atoms with Crippen molar-refractivity contribution in [1.82, 2.24) is 15.3 Å². The number of methoxy groups -OCH3 is 1. The van der Waals surface area contributed by atoms with Gasteiger partial charge in [0.1, 0.15) is 5.02 Å². The van der Waals surface area contributed by atoms with Crippen LogP contribution in [0.25, 0.3) is 0 Å². The van der Waals surface area contributed by atoms with Gasteiger partial charge in [-0.1, -0.05) is 25.4 Å². The van der Waals surface area contributed by atoms with Crippen molar-refractivity contribution in [1.29, 1.82) is 0 Å². The Morgan fingerprint density at radius 1 is 1.58 bits per heavy atom. The van der Waals surface area contributed by atoms with Crippen molar-refractivity contribution in [3.8, 4) is 6.01 Å². The molecule has 19 heavy (non-hydrogen) atoms. The standard InChI is InChI=1S/C13H21ClN4O/c1-13(2)5-4-6-15-10(13)8-16-11-9(14)7-17-12(18-11)19-3/h7,10,15H,4-6,8H2,1-3H3,(H,16,17,18). The van der Waals surface area contributed by atoms with Crippen LogP contribution in [-0.2, 0) is 0 Å². The topological polar surface area (TPSA) is 59.1 Å². The van der Waals surface area contributed by atoms with Gasteiger partial charge < -0.3 is 15.4 Å². The minimum Gasteiger partial charge on any atom is -0.467 e. The van der Waals surface area contributed by atoms with E-state index >= 15 is 0 Å². The van der Waals surface area contributed by atoms with Gasteiger partial charge >= 0.3 is 6.01 Å². The largest absolute Gasteiger partial charge is 0.467 e. The van der Waals surface area contributed by atoms with Crippen LogP contribution in [0.15, 0.2) is 6.20 Å². The van der Waals surface area contributed by atoms with E-state index in [0.717, 1.165) is 13.1 Å². The van der Waals surface area contributed by atoms with Gasteiger partial charge in [0.15, 0.2) is 5.82 Å². The summed E-state index contributed by atoms with van der Waals surface area (Å²) in [6.45, 7) is 6.42. The third-order valence-electron chi connectivity index (χ3n) is 3.71. The Morgan fingerprint density at radius 2 is 2.37 bits per heavy atom. The smallest absolute Gasteiger partial charge is 0.318 e. The number of nitrogens with zero attached hydrogens (tertiary/aromatic N) is 2. The van der Waals surface area contributed by atoms with Gasteiger partial charge in [-0.25, -0.2) is 4.98 Å². The lowest BCUT2D eigenvalue weighted by Crippen LogP contribution is -2.50. The zero-order chi connectivity index (χ0) is 13.9. The zero-order valence-electron chi connectivity index (χ0n) is 11.7. The number of hydrogen-bond donors (Lipinski definition) is 2. The van der Waals surface area contributed by atoms with Crippen LogP contribution in [0.3, 0.4) is 0 Å². The summed E-state index contributed by atoms with van der Waals surface area (Å²) in [5.74, 6) is 0.622.